The standard InChI is InChI=1S/C19H17ClF2N2O/c1-10-8-12(9-23-15(10)18(21)22)16-13-4-3-5-14(20)17(13)25-11(2)19(24-16)6-7-19/h3-5,8-9,11,18H,6-7H2,1-2H3/t11-/m0/s1. The molecule has 6 heteroatoms. The number of aliphatic imine (C=N–C) groups is 1. The van der Waals surface area contributed by atoms with Crippen molar-refractivity contribution in [3.63, 3.8) is 0 Å². The Morgan fingerprint density at radius 2 is 2.08 bits per heavy atom. The minimum atomic E-state index is -2.59. The molecular formula is C19H17ClF2N2O. The predicted octanol–water partition coefficient (Wildman–Crippen LogP) is 5.13. The molecule has 0 bridgehead atoms. The topological polar surface area (TPSA) is 34.5 Å². The average molecular weight is 363 g/mol. The van der Waals surface area contributed by atoms with Crippen LogP contribution < -0.4 is 4.74 Å². The highest BCUT2D eigenvalue weighted by Crippen LogP contribution is 2.48. The third-order valence-corrected chi connectivity index (χ3v) is 5.27. The van der Waals surface area contributed by atoms with Crippen molar-refractivity contribution in [2.45, 2.75) is 44.8 Å². The van der Waals surface area contributed by atoms with E-state index in [0.717, 1.165) is 18.4 Å². The van der Waals surface area contributed by atoms with Gasteiger partial charge in [-0.3, -0.25) is 9.98 Å². The number of halogens is 3. The minimum Gasteiger partial charge on any atom is -0.486 e. The number of hydrogen-bond acceptors (Lipinski definition) is 3. The predicted molar refractivity (Wildman–Crippen MR) is 93.1 cm³/mol. The second-order valence-corrected chi connectivity index (χ2v) is 7.07. The number of aromatic nitrogens is 1. The maximum absolute atomic E-state index is 13.0. The van der Waals surface area contributed by atoms with Crippen LogP contribution in [0.25, 0.3) is 0 Å². The van der Waals surface area contributed by atoms with E-state index in [1.165, 1.54) is 6.20 Å². The summed E-state index contributed by atoms with van der Waals surface area (Å²) in [6, 6.07) is 7.22. The molecule has 2 heterocycles. The molecule has 0 saturated heterocycles. The Balaban J connectivity index is 1.90. The smallest absolute Gasteiger partial charge is 0.280 e. The van der Waals surface area contributed by atoms with E-state index in [2.05, 4.69) is 4.98 Å². The van der Waals surface area contributed by atoms with E-state index in [4.69, 9.17) is 21.3 Å². The summed E-state index contributed by atoms with van der Waals surface area (Å²) in [6.07, 6.45) is 0.641. The van der Waals surface area contributed by atoms with Gasteiger partial charge in [0.25, 0.3) is 6.43 Å². The van der Waals surface area contributed by atoms with Crippen LogP contribution in [0.2, 0.25) is 5.02 Å². The second-order valence-electron chi connectivity index (χ2n) is 6.67. The zero-order chi connectivity index (χ0) is 17.8. The summed E-state index contributed by atoms with van der Waals surface area (Å²) in [6.45, 7) is 3.64. The second kappa shape index (κ2) is 5.77. The number of benzene rings is 1. The Morgan fingerprint density at radius 3 is 2.72 bits per heavy atom. The van der Waals surface area contributed by atoms with Gasteiger partial charge < -0.3 is 4.74 Å². The summed E-state index contributed by atoms with van der Waals surface area (Å²) in [7, 11) is 0. The van der Waals surface area contributed by atoms with Gasteiger partial charge >= 0.3 is 0 Å². The van der Waals surface area contributed by atoms with Gasteiger partial charge in [-0.05, 0) is 50.5 Å². The number of fused-ring (bicyclic) bond motifs is 1. The molecule has 1 aromatic heterocycles. The Morgan fingerprint density at radius 1 is 1.32 bits per heavy atom. The summed E-state index contributed by atoms with van der Waals surface area (Å²) in [5.74, 6) is 0.592. The maximum atomic E-state index is 13.0. The summed E-state index contributed by atoms with van der Waals surface area (Å²) in [5, 5.41) is 0.517. The number of pyridine rings is 1. The van der Waals surface area contributed by atoms with Gasteiger partial charge in [-0.1, -0.05) is 17.7 Å². The van der Waals surface area contributed by atoms with Gasteiger partial charge in [0, 0.05) is 17.3 Å². The summed E-state index contributed by atoms with van der Waals surface area (Å²) >= 11 is 6.35. The molecule has 0 N–H and O–H groups in total. The lowest BCUT2D eigenvalue weighted by molar-refractivity contribution is 0.145. The van der Waals surface area contributed by atoms with Gasteiger partial charge in [0.15, 0.2) is 0 Å². The molecule has 1 aromatic carbocycles. The number of ether oxygens (including phenoxy) is 1. The van der Waals surface area contributed by atoms with Gasteiger partial charge in [-0.25, -0.2) is 8.78 Å². The number of hydrogen-bond donors (Lipinski definition) is 0. The largest absolute Gasteiger partial charge is 0.486 e. The minimum absolute atomic E-state index is 0.0990. The molecule has 1 atom stereocenters. The van der Waals surface area contributed by atoms with Gasteiger partial charge in [-0.2, -0.15) is 0 Å². The van der Waals surface area contributed by atoms with Crippen LogP contribution in [0.15, 0.2) is 35.5 Å². The first kappa shape index (κ1) is 16.5. The number of aryl methyl sites for hydroxylation is 1. The molecule has 0 radical (unpaired) electrons. The van der Waals surface area contributed by atoms with Crippen LogP contribution >= 0.6 is 11.6 Å². The van der Waals surface area contributed by atoms with Crippen molar-refractivity contribution in [3.05, 3.63) is 57.9 Å². The summed E-state index contributed by atoms with van der Waals surface area (Å²) in [5.41, 5.74) is 2.16. The molecule has 2 aliphatic rings. The van der Waals surface area contributed by atoms with Gasteiger partial charge in [-0.15, -0.1) is 0 Å². The molecule has 1 saturated carbocycles. The monoisotopic (exact) mass is 362 g/mol. The van der Waals surface area contributed by atoms with Crippen LogP contribution in [0.5, 0.6) is 5.75 Å². The lowest BCUT2D eigenvalue weighted by Crippen LogP contribution is -2.28. The first-order valence-corrected chi connectivity index (χ1v) is 8.59. The number of rotatable bonds is 2. The SMILES string of the molecule is Cc1cc(C2=NC3(CC3)[C@H](C)Oc3c(Cl)cccc32)cnc1C(F)F. The van der Waals surface area contributed by atoms with Crippen molar-refractivity contribution in [2.24, 2.45) is 4.99 Å². The molecular weight excluding hydrogens is 346 g/mol. The fraction of sp³-hybridized carbons (Fsp3) is 0.368. The van der Waals surface area contributed by atoms with Crippen molar-refractivity contribution in [3.8, 4) is 5.75 Å². The Hall–Kier alpha value is -2.01. The number of para-hydroxylation sites is 1. The van der Waals surface area contributed by atoms with E-state index >= 15 is 0 Å². The molecule has 1 aliphatic carbocycles. The van der Waals surface area contributed by atoms with Crippen LogP contribution in [0, 0.1) is 6.92 Å². The highest BCUT2D eigenvalue weighted by molar-refractivity contribution is 6.33. The van der Waals surface area contributed by atoms with Crippen molar-refractivity contribution in [2.75, 3.05) is 0 Å². The Kier molecular flexibility index (Phi) is 3.80. The quantitative estimate of drug-likeness (QED) is 0.742. The van der Waals surface area contributed by atoms with E-state index in [1.807, 2.05) is 19.1 Å². The highest BCUT2D eigenvalue weighted by Gasteiger charge is 2.51. The van der Waals surface area contributed by atoms with E-state index in [1.54, 1.807) is 19.1 Å². The Bertz CT molecular complexity index is 878. The van der Waals surface area contributed by atoms with E-state index in [-0.39, 0.29) is 17.3 Å². The maximum Gasteiger partial charge on any atom is 0.280 e. The normalized spacial score (nSPS) is 20.7. The third kappa shape index (κ3) is 2.71. The molecule has 4 rings (SSSR count). The van der Waals surface area contributed by atoms with Crippen LogP contribution in [0.1, 0.15) is 48.6 Å². The van der Waals surface area contributed by atoms with E-state index in [0.29, 0.717) is 27.6 Å². The lowest BCUT2D eigenvalue weighted by Gasteiger charge is -2.19. The molecule has 130 valence electrons. The molecule has 0 amide bonds. The van der Waals surface area contributed by atoms with Crippen molar-refractivity contribution >= 4 is 17.3 Å². The van der Waals surface area contributed by atoms with Crippen LogP contribution in [-0.4, -0.2) is 22.3 Å². The fourth-order valence-electron chi connectivity index (χ4n) is 3.29. The van der Waals surface area contributed by atoms with Gasteiger partial charge in [0.1, 0.15) is 17.5 Å². The van der Waals surface area contributed by atoms with E-state index < -0.39 is 6.43 Å². The number of nitrogens with zero attached hydrogens (tertiary/aromatic N) is 2. The highest BCUT2D eigenvalue weighted by atomic mass is 35.5. The average Bonchev–Trinajstić information content (AvgIpc) is 3.36. The number of alkyl halides is 2. The molecule has 1 fully saturated rings. The van der Waals surface area contributed by atoms with Gasteiger partial charge in [0.2, 0.25) is 0 Å². The molecule has 0 unspecified atom stereocenters. The van der Waals surface area contributed by atoms with Crippen molar-refractivity contribution < 1.29 is 13.5 Å². The zero-order valence-electron chi connectivity index (χ0n) is 13.9. The van der Waals surface area contributed by atoms with Crippen molar-refractivity contribution in [1.29, 1.82) is 0 Å². The molecule has 1 spiro atoms. The molecule has 3 nitrogen and oxygen atoms in total. The first-order valence-electron chi connectivity index (χ1n) is 8.22. The Labute approximate surface area is 149 Å². The van der Waals surface area contributed by atoms with Crippen LogP contribution in [0.4, 0.5) is 8.78 Å². The lowest BCUT2D eigenvalue weighted by atomic mass is 10.0. The van der Waals surface area contributed by atoms with E-state index in [9.17, 15) is 8.78 Å². The molecule has 1 aliphatic heterocycles. The fourth-order valence-corrected chi connectivity index (χ4v) is 3.50. The summed E-state index contributed by atoms with van der Waals surface area (Å²) < 4.78 is 32.1. The van der Waals surface area contributed by atoms with Gasteiger partial charge in [0.05, 0.1) is 16.3 Å². The third-order valence-electron chi connectivity index (χ3n) is 4.97. The van der Waals surface area contributed by atoms with Crippen LogP contribution in [-0.2, 0) is 0 Å². The zero-order valence-corrected chi connectivity index (χ0v) is 14.6. The van der Waals surface area contributed by atoms with Crippen molar-refractivity contribution in [1.82, 2.24) is 4.98 Å². The van der Waals surface area contributed by atoms with Crippen LogP contribution in [0.3, 0.4) is 0 Å². The first-order chi connectivity index (χ1) is 11.9. The molecule has 25 heavy (non-hydrogen) atoms. The summed E-state index contributed by atoms with van der Waals surface area (Å²) in [4.78, 5) is 8.94. The molecule has 2 aromatic rings.